The summed E-state index contributed by atoms with van der Waals surface area (Å²) in [5.41, 5.74) is 3.30. The first kappa shape index (κ1) is 12.7. The maximum absolute atomic E-state index is 5.15. The van der Waals surface area contributed by atoms with Crippen molar-refractivity contribution in [3.63, 3.8) is 0 Å². The minimum absolute atomic E-state index is 0.732. The molecular formula is C15H15N3OS. The van der Waals surface area contributed by atoms with Crippen molar-refractivity contribution in [3.8, 4) is 16.3 Å². The number of hydrogen-bond donors (Lipinski definition) is 2. The van der Waals surface area contributed by atoms with Crippen molar-refractivity contribution < 1.29 is 4.74 Å². The van der Waals surface area contributed by atoms with Crippen molar-refractivity contribution in [2.45, 2.75) is 6.54 Å². The molecule has 0 aliphatic carbocycles. The van der Waals surface area contributed by atoms with E-state index in [0.29, 0.717) is 0 Å². The summed E-state index contributed by atoms with van der Waals surface area (Å²) in [5, 5.41) is 12.7. The molecule has 0 unspecified atom stereocenters. The van der Waals surface area contributed by atoms with Gasteiger partial charge in [0, 0.05) is 17.8 Å². The average Bonchev–Trinajstić information content (AvgIpc) is 3.16. The van der Waals surface area contributed by atoms with Gasteiger partial charge in [-0.15, -0.1) is 11.3 Å². The molecule has 2 aromatic heterocycles. The molecule has 20 heavy (non-hydrogen) atoms. The van der Waals surface area contributed by atoms with Gasteiger partial charge < -0.3 is 10.1 Å². The summed E-state index contributed by atoms with van der Waals surface area (Å²) in [7, 11) is 1.67. The van der Waals surface area contributed by atoms with E-state index in [0.717, 1.165) is 29.2 Å². The number of methoxy groups -OCH3 is 1. The third-order valence-corrected chi connectivity index (χ3v) is 3.95. The van der Waals surface area contributed by atoms with Crippen molar-refractivity contribution in [1.82, 2.24) is 10.2 Å². The van der Waals surface area contributed by atoms with E-state index in [-0.39, 0.29) is 0 Å². The van der Waals surface area contributed by atoms with Crippen LogP contribution in [0.15, 0.2) is 48.0 Å². The Morgan fingerprint density at radius 2 is 2.10 bits per heavy atom. The van der Waals surface area contributed by atoms with Crippen LogP contribution in [0.25, 0.3) is 10.6 Å². The molecule has 0 saturated heterocycles. The molecule has 4 nitrogen and oxygen atoms in total. The lowest BCUT2D eigenvalue weighted by molar-refractivity contribution is 0.415. The van der Waals surface area contributed by atoms with Gasteiger partial charge >= 0.3 is 0 Å². The van der Waals surface area contributed by atoms with Crippen molar-refractivity contribution in [2.75, 3.05) is 12.4 Å². The van der Waals surface area contributed by atoms with Gasteiger partial charge in [-0.3, -0.25) is 5.10 Å². The van der Waals surface area contributed by atoms with Crippen molar-refractivity contribution in [1.29, 1.82) is 0 Å². The maximum Gasteiger partial charge on any atom is 0.119 e. The van der Waals surface area contributed by atoms with E-state index in [9.17, 15) is 0 Å². The number of nitrogens with zero attached hydrogens (tertiary/aromatic N) is 1. The van der Waals surface area contributed by atoms with Crippen LogP contribution in [0, 0.1) is 0 Å². The van der Waals surface area contributed by atoms with Gasteiger partial charge in [-0.2, -0.15) is 5.10 Å². The standard InChI is InChI=1S/C15H15N3OS/c1-19-13-6-4-12(5-7-13)16-9-11-10-17-18-15(11)14-3-2-8-20-14/h2-8,10,16H,9H2,1H3,(H,17,18). The summed E-state index contributed by atoms with van der Waals surface area (Å²) in [6, 6.07) is 12.0. The van der Waals surface area contributed by atoms with Crippen LogP contribution in [0.2, 0.25) is 0 Å². The minimum Gasteiger partial charge on any atom is -0.497 e. The monoisotopic (exact) mass is 285 g/mol. The van der Waals surface area contributed by atoms with Crippen molar-refractivity contribution in [3.05, 3.63) is 53.5 Å². The number of aromatic nitrogens is 2. The summed E-state index contributed by atoms with van der Waals surface area (Å²) in [6.45, 7) is 0.732. The summed E-state index contributed by atoms with van der Waals surface area (Å²) in [5.74, 6) is 0.859. The fourth-order valence-corrected chi connectivity index (χ4v) is 2.74. The lowest BCUT2D eigenvalue weighted by atomic mass is 10.2. The zero-order valence-electron chi connectivity index (χ0n) is 11.1. The first-order valence-corrected chi connectivity index (χ1v) is 7.19. The van der Waals surface area contributed by atoms with Crippen LogP contribution in [-0.4, -0.2) is 17.3 Å². The van der Waals surface area contributed by atoms with Gasteiger partial charge in [0.2, 0.25) is 0 Å². The Morgan fingerprint density at radius 1 is 1.25 bits per heavy atom. The van der Waals surface area contributed by atoms with Crippen LogP contribution in [-0.2, 0) is 6.54 Å². The fourth-order valence-electron chi connectivity index (χ4n) is 1.99. The Labute approximate surface area is 121 Å². The molecule has 0 bridgehead atoms. The highest BCUT2D eigenvalue weighted by molar-refractivity contribution is 7.13. The molecule has 0 aliphatic rings. The first-order valence-electron chi connectivity index (χ1n) is 6.31. The summed E-state index contributed by atoms with van der Waals surface area (Å²) in [4.78, 5) is 1.20. The lowest BCUT2D eigenvalue weighted by Crippen LogP contribution is -1.99. The Morgan fingerprint density at radius 3 is 2.80 bits per heavy atom. The normalized spacial score (nSPS) is 10.4. The van der Waals surface area contributed by atoms with E-state index < -0.39 is 0 Å². The molecule has 3 rings (SSSR count). The quantitative estimate of drug-likeness (QED) is 0.750. The molecule has 3 aromatic rings. The van der Waals surface area contributed by atoms with Crippen molar-refractivity contribution >= 4 is 17.0 Å². The van der Waals surface area contributed by atoms with E-state index in [1.165, 1.54) is 4.88 Å². The average molecular weight is 285 g/mol. The van der Waals surface area contributed by atoms with Crippen molar-refractivity contribution in [2.24, 2.45) is 0 Å². The van der Waals surface area contributed by atoms with E-state index in [1.807, 2.05) is 36.5 Å². The number of H-pyrrole nitrogens is 1. The van der Waals surface area contributed by atoms with E-state index in [1.54, 1.807) is 18.4 Å². The van der Waals surface area contributed by atoms with Gasteiger partial charge in [-0.25, -0.2) is 0 Å². The molecule has 5 heteroatoms. The Bertz CT molecular complexity index is 659. The molecule has 2 N–H and O–H groups in total. The molecule has 2 heterocycles. The van der Waals surface area contributed by atoms with E-state index in [4.69, 9.17) is 4.74 Å². The van der Waals surface area contributed by atoms with E-state index >= 15 is 0 Å². The summed E-state index contributed by atoms with van der Waals surface area (Å²) < 4.78 is 5.15. The highest BCUT2D eigenvalue weighted by Crippen LogP contribution is 2.26. The smallest absolute Gasteiger partial charge is 0.119 e. The first-order chi connectivity index (χ1) is 9.86. The Balaban J connectivity index is 1.71. The number of rotatable bonds is 5. The summed E-state index contributed by atoms with van der Waals surface area (Å²) in [6.07, 6.45) is 1.87. The zero-order valence-corrected chi connectivity index (χ0v) is 11.9. The third kappa shape index (κ3) is 2.67. The zero-order chi connectivity index (χ0) is 13.8. The van der Waals surface area contributed by atoms with Gasteiger partial charge in [0.25, 0.3) is 0 Å². The number of aromatic amines is 1. The fraction of sp³-hybridized carbons (Fsp3) is 0.133. The second kappa shape index (κ2) is 5.79. The highest BCUT2D eigenvalue weighted by Gasteiger charge is 2.08. The van der Waals surface area contributed by atoms with Gasteiger partial charge in [-0.1, -0.05) is 6.07 Å². The van der Waals surface area contributed by atoms with E-state index in [2.05, 4.69) is 27.0 Å². The van der Waals surface area contributed by atoms with Crippen LogP contribution < -0.4 is 10.1 Å². The molecule has 0 radical (unpaired) electrons. The molecule has 0 aliphatic heterocycles. The SMILES string of the molecule is COc1ccc(NCc2cn[nH]c2-c2cccs2)cc1. The largest absolute Gasteiger partial charge is 0.497 e. The number of nitrogens with one attached hydrogen (secondary N) is 2. The molecule has 0 spiro atoms. The van der Waals surface area contributed by atoms with Crippen LogP contribution in [0.1, 0.15) is 5.56 Å². The van der Waals surface area contributed by atoms with Gasteiger partial charge in [0.05, 0.1) is 23.9 Å². The number of hydrogen-bond acceptors (Lipinski definition) is 4. The van der Waals surface area contributed by atoms with Gasteiger partial charge in [0.15, 0.2) is 0 Å². The maximum atomic E-state index is 5.15. The van der Waals surface area contributed by atoms with Gasteiger partial charge in [-0.05, 0) is 35.7 Å². The summed E-state index contributed by atoms with van der Waals surface area (Å²) >= 11 is 1.71. The predicted octanol–water partition coefficient (Wildman–Crippen LogP) is 3.76. The van der Waals surface area contributed by atoms with Crippen LogP contribution in [0.4, 0.5) is 5.69 Å². The van der Waals surface area contributed by atoms with Crippen LogP contribution in [0.3, 0.4) is 0 Å². The molecular weight excluding hydrogens is 270 g/mol. The predicted molar refractivity (Wildman–Crippen MR) is 82.2 cm³/mol. The number of benzene rings is 1. The Kier molecular flexibility index (Phi) is 3.69. The lowest BCUT2D eigenvalue weighted by Gasteiger charge is -2.07. The molecule has 102 valence electrons. The Hall–Kier alpha value is -2.27. The minimum atomic E-state index is 0.732. The topological polar surface area (TPSA) is 49.9 Å². The number of anilines is 1. The molecule has 0 atom stereocenters. The molecule has 1 aromatic carbocycles. The molecule has 0 fully saturated rings. The third-order valence-electron chi connectivity index (χ3n) is 3.06. The second-order valence-electron chi connectivity index (χ2n) is 4.33. The molecule has 0 saturated carbocycles. The van der Waals surface area contributed by atoms with Gasteiger partial charge in [0.1, 0.15) is 5.75 Å². The number of thiophene rings is 1. The second-order valence-corrected chi connectivity index (χ2v) is 5.28. The molecule has 0 amide bonds. The van der Waals surface area contributed by atoms with Crippen LogP contribution in [0.5, 0.6) is 5.75 Å². The number of ether oxygens (including phenoxy) is 1. The highest BCUT2D eigenvalue weighted by atomic mass is 32.1. The van der Waals surface area contributed by atoms with Crippen LogP contribution >= 0.6 is 11.3 Å².